The van der Waals surface area contributed by atoms with Crippen molar-refractivity contribution in [3.8, 4) is 0 Å². The molecule has 0 fully saturated rings. The fourth-order valence-electron chi connectivity index (χ4n) is 2.46. The van der Waals surface area contributed by atoms with Crippen molar-refractivity contribution in [2.45, 2.75) is 110 Å². The van der Waals surface area contributed by atoms with E-state index in [0.29, 0.717) is 6.54 Å². The van der Waals surface area contributed by atoms with Gasteiger partial charge in [0.2, 0.25) is 0 Å². The Morgan fingerprint density at radius 2 is 0.955 bits per heavy atom. The van der Waals surface area contributed by atoms with Crippen LogP contribution < -0.4 is 11.2 Å². The van der Waals surface area contributed by atoms with Crippen LogP contribution in [0.4, 0.5) is 0 Å². The lowest BCUT2D eigenvalue weighted by atomic mass is 10.0. The van der Waals surface area contributed by atoms with Crippen LogP contribution in [0.2, 0.25) is 0 Å². The van der Waals surface area contributed by atoms with Crippen molar-refractivity contribution in [1.29, 1.82) is 0 Å². The Kier molecular flexibility index (Phi) is 28.3. The molecule has 0 spiro atoms. The van der Waals surface area contributed by atoms with E-state index in [1.807, 2.05) is 6.92 Å². The second kappa shape index (κ2) is 25.8. The van der Waals surface area contributed by atoms with Crippen LogP contribution in [0, 0.1) is 5.21 Å². The van der Waals surface area contributed by atoms with Crippen molar-refractivity contribution in [3.63, 3.8) is 0 Å². The van der Waals surface area contributed by atoms with Crippen LogP contribution in [0.15, 0.2) is 0 Å². The van der Waals surface area contributed by atoms with Gasteiger partial charge in [-0.25, -0.2) is 0 Å². The molecule has 136 valence electrons. The fraction of sp³-hybridized carbons (Fsp3) is 1.00. The molecule has 0 aromatic carbocycles. The molecule has 0 rings (SSSR count). The van der Waals surface area contributed by atoms with E-state index in [9.17, 15) is 5.21 Å². The van der Waals surface area contributed by atoms with Gasteiger partial charge in [0.25, 0.3) is 0 Å². The molecule has 0 aromatic heterocycles. The van der Waals surface area contributed by atoms with Crippen LogP contribution in [0.1, 0.15) is 110 Å². The van der Waals surface area contributed by atoms with Gasteiger partial charge in [-0.1, -0.05) is 97.3 Å². The molecule has 0 aliphatic heterocycles. The molecule has 0 unspecified atom stereocenters. The highest BCUT2D eigenvalue weighted by atomic mass is 16.5. The molecule has 0 aliphatic rings. The summed E-state index contributed by atoms with van der Waals surface area (Å²) in [5.74, 6) is 0. The Morgan fingerprint density at radius 3 is 1.18 bits per heavy atom. The SMILES string of the molecule is CCCCCCCCCCCCCCCCN.CCC[NH2+][O-]. The Labute approximate surface area is 140 Å². The van der Waals surface area contributed by atoms with Crippen molar-refractivity contribution >= 4 is 0 Å². The Bertz CT molecular complexity index is 150. The van der Waals surface area contributed by atoms with Gasteiger partial charge in [-0.3, -0.25) is 0 Å². The predicted octanol–water partition coefficient (Wildman–Crippen LogP) is 4.88. The summed E-state index contributed by atoms with van der Waals surface area (Å²) in [6.07, 6.45) is 20.8. The van der Waals surface area contributed by atoms with Crippen LogP contribution in [0.3, 0.4) is 0 Å². The average molecular weight is 317 g/mol. The minimum absolute atomic E-state index is 0.708. The molecule has 4 N–H and O–H groups in total. The third-order valence-electron chi connectivity index (χ3n) is 3.96. The normalized spacial score (nSPS) is 10.4. The van der Waals surface area contributed by atoms with Gasteiger partial charge in [-0.05, 0) is 19.4 Å². The number of rotatable bonds is 16. The lowest BCUT2D eigenvalue weighted by Gasteiger charge is -2.02. The maximum atomic E-state index is 9.40. The maximum Gasteiger partial charge on any atom is 0.0749 e. The maximum absolute atomic E-state index is 9.40. The van der Waals surface area contributed by atoms with Crippen LogP contribution in [-0.2, 0) is 0 Å². The average Bonchev–Trinajstić information content (AvgIpc) is 2.53. The van der Waals surface area contributed by atoms with Gasteiger partial charge in [0, 0.05) is 0 Å². The number of unbranched alkanes of at least 4 members (excludes halogenated alkanes) is 13. The molecule has 0 saturated carbocycles. The largest absolute Gasteiger partial charge is 0.636 e. The smallest absolute Gasteiger partial charge is 0.0749 e. The Morgan fingerprint density at radius 1 is 0.591 bits per heavy atom. The van der Waals surface area contributed by atoms with Crippen LogP contribution in [-0.4, -0.2) is 13.1 Å². The lowest BCUT2D eigenvalue weighted by molar-refractivity contribution is -0.588. The molecule has 3 nitrogen and oxygen atoms in total. The quantitative estimate of drug-likeness (QED) is 0.315. The van der Waals surface area contributed by atoms with Gasteiger partial charge in [-0.2, -0.15) is 0 Å². The zero-order valence-electron chi connectivity index (χ0n) is 15.6. The zero-order valence-corrected chi connectivity index (χ0v) is 15.6. The summed E-state index contributed by atoms with van der Waals surface area (Å²) < 4.78 is 0. The second-order valence-corrected chi connectivity index (χ2v) is 6.34. The van der Waals surface area contributed by atoms with Crippen molar-refractivity contribution in [2.24, 2.45) is 5.73 Å². The van der Waals surface area contributed by atoms with E-state index < -0.39 is 0 Å². The molecule has 22 heavy (non-hydrogen) atoms. The molecule has 3 heteroatoms. The van der Waals surface area contributed by atoms with Gasteiger partial charge in [0.05, 0.1) is 6.54 Å². The molecular formula is C19H44N2O. The molecule has 0 amide bonds. The first-order valence-corrected chi connectivity index (χ1v) is 9.97. The van der Waals surface area contributed by atoms with Gasteiger partial charge < -0.3 is 16.4 Å². The first-order chi connectivity index (χ1) is 10.8. The van der Waals surface area contributed by atoms with E-state index in [-0.39, 0.29) is 0 Å². The summed E-state index contributed by atoms with van der Waals surface area (Å²) in [5.41, 5.74) is 6.40. The van der Waals surface area contributed by atoms with Crippen LogP contribution in [0.5, 0.6) is 0 Å². The molecular weight excluding hydrogens is 272 g/mol. The summed E-state index contributed by atoms with van der Waals surface area (Å²) in [6.45, 7) is 5.85. The second-order valence-electron chi connectivity index (χ2n) is 6.34. The van der Waals surface area contributed by atoms with E-state index in [2.05, 4.69) is 6.92 Å². The monoisotopic (exact) mass is 316 g/mol. The van der Waals surface area contributed by atoms with E-state index in [1.165, 1.54) is 89.9 Å². The van der Waals surface area contributed by atoms with E-state index in [0.717, 1.165) is 18.4 Å². The van der Waals surface area contributed by atoms with Crippen molar-refractivity contribution in [2.75, 3.05) is 13.1 Å². The van der Waals surface area contributed by atoms with Crippen molar-refractivity contribution in [3.05, 3.63) is 5.21 Å². The molecule has 0 atom stereocenters. The number of hydrogen-bond acceptors (Lipinski definition) is 2. The number of hydroxylamine groups is 1. The summed E-state index contributed by atoms with van der Waals surface area (Å²) in [4.78, 5) is 0. The molecule has 0 heterocycles. The van der Waals surface area contributed by atoms with Gasteiger partial charge in [0.1, 0.15) is 0 Å². The third-order valence-corrected chi connectivity index (χ3v) is 3.96. The first kappa shape index (κ1) is 24.1. The van der Waals surface area contributed by atoms with Crippen molar-refractivity contribution in [1.82, 2.24) is 0 Å². The Balaban J connectivity index is 0. The van der Waals surface area contributed by atoms with Gasteiger partial charge >= 0.3 is 0 Å². The zero-order chi connectivity index (χ0) is 16.7. The van der Waals surface area contributed by atoms with E-state index >= 15 is 0 Å². The number of quaternary nitrogens is 1. The molecule has 0 aliphatic carbocycles. The van der Waals surface area contributed by atoms with E-state index in [1.54, 1.807) is 0 Å². The van der Waals surface area contributed by atoms with Crippen molar-refractivity contribution < 1.29 is 5.48 Å². The minimum Gasteiger partial charge on any atom is -0.636 e. The predicted molar refractivity (Wildman–Crippen MR) is 99.8 cm³/mol. The first-order valence-electron chi connectivity index (χ1n) is 9.97. The van der Waals surface area contributed by atoms with E-state index in [4.69, 9.17) is 5.73 Å². The summed E-state index contributed by atoms with van der Waals surface area (Å²) in [6, 6.07) is 0. The fourth-order valence-corrected chi connectivity index (χ4v) is 2.46. The standard InChI is InChI=1S/C16H35N.C3H9NO/c1-2-3-4-5-6-7-8-9-10-11-12-13-14-15-16-17;1-2-3-4-5/h2-17H2,1H3;2-4H2,1H3. The van der Waals surface area contributed by atoms with Crippen LogP contribution >= 0.6 is 0 Å². The van der Waals surface area contributed by atoms with Gasteiger partial charge in [-0.15, -0.1) is 0 Å². The molecule has 0 aromatic rings. The highest BCUT2D eigenvalue weighted by Crippen LogP contribution is 2.12. The number of hydrogen-bond donors (Lipinski definition) is 2. The highest BCUT2D eigenvalue weighted by Gasteiger charge is 1.93. The lowest BCUT2D eigenvalue weighted by Crippen LogP contribution is -2.77. The molecule has 0 saturated heterocycles. The molecule has 0 bridgehead atoms. The summed E-state index contributed by atoms with van der Waals surface area (Å²) in [5, 5.41) is 9.40. The third kappa shape index (κ3) is 28.1. The highest BCUT2D eigenvalue weighted by molar-refractivity contribution is 4.49. The Hall–Kier alpha value is -0.120. The summed E-state index contributed by atoms with van der Waals surface area (Å²) >= 11 is 0. The van der Waals surface area contributed by atoms with Crippen LogP contribution in [0.25, 0.3) is 0 Å². The minimum atomic E-state index is 0.708. The number of nitrogens with two attached hydrogens (primary N) is 2. The summed E-state index contributed by atoms with van der Waals surface area (Å²) in [7, 11) is 0. The van der Waals surface area contributed by atoms with Gasteiger partial charge in [0.15, 0.2) is 0 Å². The molecule has 0 radical (unpaired) electrons. The topological polar surface area (TPSA) is 65.7 Å².